The molecule has 20 heavy (non-hydrogen) atoms. The van der Waals surface area contributed by atoms with Crippen molar-refractivity contribution in [2.45, 2.75) is 6.92 Å². The normalized spacial score (nSPS) is 10.9. The predicted octanol–water partition coefficient (Wildman–Crippen LogP) is 4.72. The van der Waals surface area contributed by atoms with Gasteiger partial charge in [0, 0.05) is 14.5 Å². The topological polar surface area (TPSA) is 30.2 Å². The molecule has 0 N–H and O–H groups in total. The molecule has 0 amide bonds. The Morgan fingerprint density at radius 3 is 2.70 bits per heavy atom. The summed E-state index contributed by atoms with van der Waals surface area (Å²) in [6.45, 7) is 1.98. The van der Waals surface area contributed by atoms with Crippen LogP contribution in [0.2, 0.25) is 0 Å². The number of fused-ring (bicyclic) bond motifs is 1. The molecule has 2 nitrogen and oxygen atoms in total. The van der Waals surface area contributed by atoms with Crippen LogP contribution in [0.3, 0.4) is 0 Å². The lowest BCUT2D eigenvalue weighted by molar-refractivity contribution is 0.101. The van der Waals surface area contributed by atoms with E-state index < -0.39 is 0 Å². The van der Waals surface area contributed by atoms with Gasteiger partial charge in [-0.05, 0) is 65.9 Å². The minimum absolute atomic E-state index is 0.233. The number of ketones is 1. The van der Waals surface area contributed by atoms with Crippen molar-refractivity contribution in [1.82, 2.24) is 0 Å². The molecular formula is C16H10FIO2. The first-order valence-corrected chi connectivity index (χ1v) is 7.12. The second kappa shape index (κ2) is 5.01. The van der Waals surface area contributed by atoms with E-state index in [0.29, 0.717) is 14.7 Å². The summed E-state index contributed by atoms with van der Waals surface area (Å²) in [6, 6.07) is 11.6. The summed E-state index contributed by atoms with van der Waals surface area (Å²) in [5.74, 6) is -0.315. The molecule has 0 atom stereocenters. The average molecular weight is 380 g/mol. The van der Waals surface area contributed by atoms with Gasteiger partial charge in [0.05, 0.1) is 0 Å². The Bertz CT molecular complexity index is 820. The molecular weight excluding hydrogens is 370 g/mol. The second-order valence-corrected chi connectivity index (χ2v) is 5.77. The maximum atomic E-state index is 13.1. The van der Waals surface area contributed by atoms with Crippen LogP contribution in [0.4, 0.5) is 4.39 Å². The molecule has 100 valence electrons. The highest BCUT2D eigenvalue weighted by Gasteiger charge is 2.17. The van der Waals surface area contributed by atoms with Crippen LogP contribution < -0.4 is 0 Å². The van der Waals surface area contributed by atoms with Gasteiger partial charge in [0.25, 0.3) is 0 Å². The fraction of sp³-hybridized carbons (Fsp3) is 0.0625. The summed E-state index contributed by atoms with van der Waals surface area (Å²) in [5, 5.41) is 0.894. The van der Waals surface area contributed by atoms with Crippen LogP contribution in [-0.2, 0) is 0 Å². The number of carbonyl (C=O) groups is 1. The summed E-state index contributed by atoms with van der Waals surface area (Å²) in [6.07, 6.45) is 0. The molecule has 3 aromatic rings. The smallest absolute Gasteiger partial charge is 0.229 e. The lowest BCUT2D eigenvalue weighted by Gasteiger charge is -2.01. The van der Waals surface area contributed by atoms with Crippen molar-refractivity contribution in [3.63, 3.8) is 0 Å². The van der Waals surface area contributed by atoms with E-state index in [4.69, 9.17) is 4.42 Å². The van der Waals surface area contributed by atoms with Crippen LogP contribution in [0.1, 0.15) is 21.7 Å². The highest BCUT2D eigenvalue weighted by atomic mass is 127. The quantitative estimate of drug-likeness (QED) is 0.476. The molecule has 0 saturated heterocycles. The van der Waals surface area contributed by atoms with E-state index >= 15 is 0 Å². The summed E-state index contributed by atoms with van der Waals surface area (Å²) >= 11 is 1.95. The van der Waals surface area contributed by atoms with Gasteiger partial charge >= 0.3 is 0 Å². The first kappa shape index (κ1) is 13.3. The fourth-order valence-electron chi connectivity index (χ4n) is 2.08. The maximum absolute atomic E-state index is 13.1. The van der Waals surface area contributed by atoms with Crippen molar-refractivity contribution in [2.24, 2.45) is 0 Å². The van der Waals surface area contributed by atoms with Crippen molar-refractivity contribution < 1.29 is 13.6 Å². The average Bonchev–Trinajstić information content (AvgIpc) is 2.81. The van der Waals surface area contributed by atoms with Gasteiger partial charge in [0.2, 0.25) is 5.78 Å². The van der Waals surface area contributed by atoms with E-state index in [-0.39, 0.29) is 17.4 Å². The van der Waals surface area contributed by atoms with E-state index in [1.54, 1.807) is 6.07 Å². The van der Waals surface area contributed by atoms with Gasteiger partial charge in [-0.15, -0.1) is 0 Å². The molecule has 3 rings (SSSR count). The summed E-state index contributed by atoms with van der Waals surface area (Å²) in [4.78, 5) is 12.4. The number of benzene rings is 2. The molecule has 0 radical (unpaired) electrons. The maximum Gasteiger partial charge on any atom is 0.229 e. The molecule has 0 unspecified atom stereocenters. The predicted molar refractivity (Wildman–Crippen MR) is 83.5 cm³/mol. The van der Waals surface area contributed by atoms with Crippen molar-refractivity contribution >= 4 is 39.3 Å². The van der Waals surface area contributed by atoms with Gasteiger partial charge < -0.3 is 4.42 Å². The van der Waals surface area contributed by atoms with E-state index in [2.05, 4.69) is 0 Å². The molecule has 4 heteroatoms. The van der Waals surface area contributed by atoms with Crippen LogP contribution in [0, 0.1) is 16.3 Å². The molecule has 2 aromatic carbocycles. The Hall–Kier alpha value is -1.69. The van der Waals surface area contributed by atoms with Gasteiger partial charge in [-0.25, -0.2) is 4.39 Å². The standard InChI is InChI=1S/C16H10FIO2/c1-9-2-5-14-10(6-9)7-15(20-14)16(19)12-4-3-11(17)8-13(12)18/h2-8H,1H3. The zero-order valence-electron chi connectivity index (χ0n) is 10.6. The van der Waals surface area contributed by atoms with Crippen molar-refractivity contribution in [1.29, 1.82) is 0 Å². The number of halogens is 2. The molecule has 0 fully saturated rings. The molecule has 0 spiro atoms. The van der Waals surface area contributed by atoms with Gasteiger partial charge in [-0.1, -0.05) is 11.6 Å². The van der Waals surface area contributed by atoms with E-state index in [9.17, 15) is 9.18 Å². The SMILES string of the molecule is Cc1ccc2oc(C(=O)c3ccc(F)cc3I)cc2c1. The third kappa shape index (κ3) is 2.35. The molecule has 1 aromatic heterocycles. The van der Waals surface area contributed by atoms with E-state index in [1.807, 2.05) is 47.7 Å². The number of hydrogen-bond donors (Lipinski definition) is 0. The Kier molecular flexibility index (Phi) is 3.33. The Morgan fingerprint density at radius 1 is 1.15 bits per heavy atom. The van der Waals surface area contributed by atoms with Gasteiger partial charge in [-0.2, -0.15) is 0 Å². The molecule has 1 heterocycles. The van der Waals surface area contributed by atoms with Crippen LogP contribution >= 0.6 is 22.6 Å². The van der Waals surface area contributed by atoms with Crippen molar-refractivity contribution in [3.05, 3.63) is 68.7 Å². The van der Waals surface area contributed by atoms with Gasteiger partial charge in [-0.3, -0.25) is 4.79 Å². The monoisotopic (exact) mass is 380 g/mol. The van der Waals surface area contributed by atoms with Crippen molar-refractivity contribution in [3.8, 4) is 0 Å². The third-order valence-corrected chi connectivity index (χ3v) is 3.96. The summed E-state index contributed by atoms with van der Waals surface area (Å²) in [5.41, 5.74) is 2.23. The van der Waals surface area contributed by atoms with Gasteiger partial charge in [0.15, 0.2) is 5.76 Å². The summed E-state index contributed by atoms with van der Waals surface area (Å²) in [7, 11) is 0. The minimum atomic E-state index is -0.355. The van der Waals surface area contributed by atoms with Crippen LogP contribution in [0.5, 0.6) is 0 Å². The van der Waals surface area contributed by atoms with Crippen LogP contribution in [-0.4, -0.2) is 5.78 Å². The molecule has 0 aliphatic rings. The number of hydrogen-bond acceptors (Lipinski definition) is 2. The highest BCUT2D eigenvalue weighted by Crippen LogP contribution is 2.24. The number of aryl methyl sites for hydroxylation is 1. The third-order valence-electron chi connectivity index (χ3n) is 3.07. The highest BCUT2D eigenvalue weighted by molar-refractivity contribution is 14.1. The van der Waals surface area contributed by atoms with Crippen molar-refractivity contribution in [2.75, 3.05) is 0 Å². The largest absolute Gasteiger partial charge is 0.453 e. The van der Waals surface area contributed by atoms with Crippen LogP contribution in [0.15, 0.2) is 46.9 Å². The Labute approximate surface area is 128 Å². The van der Waals surface area contributed by atoms with E-state index in [1.165, 1.54) is 18.2 Å². The number of carbonyl (C=O) groups excluding carboxylic acids is 1. The molecule has 0 saturated carbocycles. The van der Waals surface area contributed by atoms with Gasteiger partial charge in [0.1, 0.15) is 11.4 Å². The second-order valence-electron chi connectivity index (χ2n) is 4.61. The minimum Gasteiger partial charge on any atom is -0.453 e. The zero-order valence-corrected chi connectivity index (χ0v) is 12.8. The first-order valence-electron chi connectivity index (χ1n) is 6.04. The molecule has 0 bridgehead atoms. The Balaban J connectivity index is 2.08. The lowest BCUT2D eigenvalue weighted by atomic mass is 10.1. The zero-order chi connectivity index (χ0) is 14.3. The number of furan rings is 1. The fourth-order valence-corrected chi connectivity index (χ4v) is 2.80. The Morgan fingerprint density at radius 2 is 1.95 bits per heavy atom. The molecule has 0 aliphatic carbocycles. The van der Waals surface area contributed by atoms with Crippen LogP contribution in [0.25, 0.3) is 11.0 Å². The summed E-state index contributed by atoms with van der Waals surface area (Å²) < 4.78 is 19.2. The first-order chi connectivity index (χ1) is 9.54. The van der Waals surface area contributed by atoms with E-state index in [0.717, 1.165) is 10.9 Å². The number of rotatable bonds is 2. The lowest BCUT2D eigenvalue weighted by Crippen LogP contribution is -2.02. The molecule has 0 aliphatic heterocycles.